The average Bonchev–Trinajstić information content (AvgIpc) is 2.75. The predicted octanol–water partition coefficient (Wildman–Crippen LogP) is 1.51. The molecule has 0 aliphatic heterocycles. The van der Waals surface area contributed by atoms with Gasteiger partial charge in [0.2, 0.25) is 11.3 Å². The fourth-order valence-corrected chi connectivity index (χ4v) is 2.07. The molecule has 0 saturated heterocycles. The summed E-state index contributed by atoms with van der Waals surface area (Å²) >= 11 is 0. The fourth-order valence-electron chi connectivity index (χ4n) is 2.07. The maximum atomic E-state index is 11.3. The first kappa shape index (κ1) is 12.2. The van der Waals surface area contributed by atoms with Gasteiger partial charge in [0.15, 0.2) is 0 Å². The maximum absolute atomic E-state index is 11.3. The maximum Gasteiger partial charge on any atom is 0.254 e. The molecule has 1 aromatic carbocycles. The third-order valence-electron chi connectivity index (χ3n) is 3.06. The Morgan fingerprint density at radius 3 is 2.70 bits per heavy atom. The zero-order valence-electron chi connectivity index (χ0n) is 10.8. The number of nitrogens with two attached hydrogens (primary N) is 1. The first-order chi connectivity index (χ1) is 9.58. The van der Waals surface area contributed by atoms with Crippen LogP contribution in [0.25, 0.3) is 16.8 Å². The number of rotatable bonds is 2. The SMILES string of the molecule is Cc1nn(-c2ccccc2)c2oc(=N)c(C(N)=O)cc12. The normalized spacial score (nSPS) is 10.8. The van der Waals surface area contributed by atoms with E-state index in [1.54, 1.807) is 10.7 Å². The van der Waals surface area contributed by atoms with Crippen molar-refractivity contribution in [1.29, 1.82) is 5.41 Å². The summed E-state index contributed by atoms with van der Waals surface area (Å²) in [6.07, 6.45) is 0. The first-order valence-corrected chi connectivity index (χ1v) is 6.01. The molecule has 3 aromatic rings. The van der Waals surface area contributed by atoms with Crippen LogP contribution >= 0.6 is 0 Å². The molecule has 20 heavy (non-hydrogen) atoms. The van der Waals surface area contributed by atoms with Crippen LogP contribution in [0.1, 0.15) is 16.1 Å². The van der Waals surface area contributed by atoms with E-state index in [4.69, 9.17) is 15.6 Å². The lowest BCUT2D eigenvalue weighted by Crippen LogP contribution is -2.21. The second-order valence-corrected chi connectivity index (χ2v) is 4.41. The molecule has 0 aliphatic carbocycles. The zero-order chi connectivity index (χ0) is 14.3. The van der Waals surface area contributed by atoms with Crippen LogP contribution in [-0.4, -0.2) is 15.7 Å². The molecule has 6 heteroatoms. The highest BCUT2D eigenvalue weighted by molar-refractivity contribution is 5.95. The highest BCUT2D eigenvalue weighted by Gasteiger charge is 2.15. The molecule has 2 aromatic heterocycles. The molecule has 0 saturated carbocycles. The Labute approximate surface area is 113 Å². The molecule has 3 N–H and O–H groups in total. The molecular formula is C14H12N4O2. The van der Waals surface area contributed by atoms with Crippen molar-refractivity contribution < 1.29 is 9.21 Å². The molecule has 0 bridgehead atoms. The number of para-hydroxylation sites is 1. The van der Waals surface area contributed by atoms with E-state index in [1.165, 1.54) is 0 Å². The molecule has 0 fully saturated rings. The van der Waals surface area contributed by atoms with Crippen LogP contribution in [-0.2, 0) is 0 Å². The van der Waals surface area contributed by atoms with Crippen molar-refractivity contribution in [3.8, 4) is 5.69 Å². The van der Waals surface area contributed by atoms with Crippen molar-refractivity contribution in [3.63, 3.8) is 0 Å². The van der Waals surface area contributed by atoms with Crippen LogP contribution in [0.4, 0.5) is 0 Å². The number of amides is 1. The summed E-state index contributed by atoms with van der Waals surface area (Å²) in [6.45, 7) is 1.81. The number of fused-ring (bicyclic) bond motifs is 1. The van der Waals surface area contributed by atoms with Gasteiger partial charge in [-0.3, -0.25) is 10.2 Å². The summed E-state index contributed by atoms with van der Waals surface area (Å²) in [7, 11) is 0. The molecule has 6 nitrogen and oxygen atoms in total. The number of primary amides is 1. The van der Waals surface area contributed by atoms with Gasteiger partial charge in [-0.15, -0.1) is 0 Å². The molecular weight excluding hydrogens is 256 g/mol. The van der Waals surface area contributed by atoms with Gasteiger partial charge in [-0.05, 0) is 25.1 Å². The summed E-state index contributed by atoms with van der Waals surface area (Å²) in [4.78, 5) is 11.3. The average molecular weight is 268 g/mol. The highest BCUT2D eigenvalue weighted by Crippen LogP contribution is 2.21. The Balaban J connectivity index is 2.35. The topological polar surface area (TPSA) is 97.9 Å². The number of hydrogen-bond acceptors (Lipinski definition) is 4. The largest absolute Gasteiger partial charge is 0.420 e. The minimum atomic E-state index is -0.687. The van der Waals surface area contributed by atoms with E-state index in [2.05, 4.69) is 5.10 Å². The van der Waals surface area contributed by atoms with Gasteiger partial charge in [-0.1, -0.05) is 18.2 Å². The van der Waals surface area contributed by atoms with Gasteiger partial charge in [0.1, 0.15) is 5.56 Å². The lowest BCUT2D eigenvalue weighted by molar-refractivity contribution is 0.0996. The van der Waals surface area contributed by atoms with E-state index in [1.807, 2.05) is 37.3 Å². The van der Waals surface area contributed by atoms with Crippen LogP contribution < -0.4 is 11.3 Å². The van der Waals surface area contributed by atoms with Crippen LogP contribution in [0.5, 0.6) is 0 Å². The molecule has 0 radical (unpaired) electrons. The standard InChI is InChI=1S/C14H12N4O2/c1-8-10-7-11(12(15)19)13(16)20-14(10)18(17-8)9-5-3-2-4-6-9/h2-7,16H,1H3,(H2,15,19). The molecule has 2 heterocycles. The van der Waals surface area contributed by atoms with E-state index in [0.717, 1.165) is 5.69 Å². The number of aromatic nitrogens is 2. The summed E-state index contributed by atoms with van der Waals surface area (Å²) in [5.74, 6) is -0.687. The van der Waals surface area contributed by atoms with Gasteiger partial charge in [0, 0.05) is 0 Å². The minimum absolute atomic E-state index is 0.0493. The second-order valence-electron chi connectivity index (χ2n) is 4.41. The number of nitrogens with zero attached hydrogens (tertiary/aromatic N) is 2. The van der Waals surface area contributed by atoms with Crippen LogP contribution in [0.15, 0.2) is 40.8 Å². The van der Waals surface area contributed by atoms with Crippen molar-refractivity contribution in [1.82, 2.24) is 9.78 Å². The minimum Gasteiger partial charge on any atom is -0.420 e. The van der Waals surface area contributed by atoms with Crippen molar-refractivity contribution in [2.24, 2.45) is 5.73 Å². The molecule has 100 valence electrons. The van der Waals surface area contributed by atoms with Crippen LogP contribution in [0.2, 0.25) is 0 Å². The first-order valence-electron chi connectivity index (χ1n) is 6.01. The van der Waals surface area contributed by atoms with E-state index in [-0.39, 0.29) is 11.1 Å². The van der Waals surface area contributed by atoms with Crippen LogP contribution in [0.3, 0.4) is 0 Å². The second kappa shape index (κ2) is 4.34. The third kappa shape index (κ3) is 1.78. The lowest BCUT2D eigenvalue weighted by atomic mass is 10.2. The fraction of sp³-hybridized carbons (Fsp3) is 0.0714. The number of hydrogen-bond donors (Lipinski definition) is 2. The van der Waals surface area contributed by atoms with Crippen molar-refractivity contribution >= 4 is 17.0 Å². The quantitative estimate of drug-likeness (QED) is 0.736. The van der Waals surface area contributed by atoms with E-state index in [0.29, 0.717) is 16.8 Å². The smallest absolute Gasteiger partial charge is 0.254 e. The van der Waals surface area contributed by atoms with Crippen molar-refractivity contribution in [2.45, 2.75) is 6.92 Å². The highest BCUT2D eigenvalue weighted by atomic mass is 16.3. The summed E-state index contributed by atoms with van der Waals surface area (Å²) in [5.41, 5.74) is 6.96. The summed E-state index contributed by atoms with van der Waals surface area (Å²) in [5, 5.41) is 12.8. The van der Waals surface area contributed by atoms with Gasteiger partial charge in [-0.2, -0.15) is 9.78 Å². The van der Waals surface area contributed by atoms with Gasteiger partial charge in [0.05, 0.1) is 16.8 Å². The monoisotopic (exact) mass is 268 g/mol. The third-order valence-corrected chi connectivity index (χ3v) is 3.06. The van der Waals surface area contributed by atoms with Gasteiger partial charge >= 0.3 is 0 Å². The number of benzene rings is 1. The summed E-state index contributed by atoms with van der Waals surface area (Å²) in [6, 6.07) is 11.0. The van der Waals surface area contributed by atoms with Gasteiger partial charge < -0.3 is 10.2 Å². The number of carbonyl (C=O) groups excluding carboxylic acids is 1. The number of aryl methyl sites for hydroxylation is 1. The Morgan fingerprint density at radius 2 is 2.05 bits per heavy atom. The van der Waals surface area contributed by atoms with Gasteiger partial charge in [0.25, 0.3) is 5.91 Å². The van der Waals surface area contributed by atoms with E-state index >= 15 is 0 Å². The molecule has 3 rings (SSSR count). The predicted molar refractivity (Wildman–Crippen MR) is 72.4 cm³/mol. The Bertz CT molecular complexity index is 862. The Kier molecular flexibility index (Phi) is 2.64. The molecule has 0 unspecified atom stereocenters. The van der Waals surface area contributed by atoms with E-state index in [9.17, 15) is 4.79 Å². The summed E-state index contributed by atoms with van der Waals surface area (Å²) < 4.78 is 7.03. The van der Waals surface area contributed by atoms with Crippen molar-refractivity contribution in [2.75, 3.05) is 0 Å². The molecule has 1 amide bonds. The van der Waals surface area contributed by atoms with Crippen LogP contribution in [0, 0.1) is 12.3 Å². The van der Waals surface area contributed by atoms with Gasteiger partial charge in [-0.25, -0.2) is 0 Å². The molecule has 0 spiro atoms. The lowest BCUT2D eigenvalue weighted by Gasteiger charge is -2.02. The zero-order valence-corrected chi connectivity index (χ0v) is 10.8. The Hall–Kier alpha value is -2.89. The van der Waals surface area contributed by atoms with Crippen molar-refractivity contribution in [3.05, 3.63) is 53.2 Å². The number of nitrogens with one attached hydrogen (secondary N) is 1. The Morgan fingerprint density at radius 1 is 1.35 bits per heavy atom. The van der Waals surface area contributed by atoms with E-state index < -0.39 is 5.91 Å². The molecule has 0 aliphatic rings. The molecule has 0 atom stereocenters. The number of carbonyl (C=O) groups is 1.